The molecule has 100 valence electrons. The SMILES string of the molecule is OCC(O)C(O)c1cccc(N2CCNCC2)c1. The van der Waals surface area contributed by atoms with Crippen molar-refractivity contribution in [2.75, 3.05) is 37.7 Å². The molecule has 5 nitrogen and oxygen atoms in total. The molecule has 1 fully saturated rings. The predicted octanol–water partition coefficient (Wildman–Crippen LogP) is -0.517. The molecule has 1 aromatic rings. The van der Waals surface area contributed by atoms with Gasteiger partial charge in [-0.05, 0) is 17.7 Å². The molecule has 0 spiro atoms. The first-order valence-corrected chi connectivity index (χ1v) is 6.25. The van der Waals surface area contributed by atoms with Crippen LogP contribution in [0, 0.1) is 0 Å². The van der Waals surface area contributed by atoms with E-state index in [1.54, 1.807) is 6.07 Å². The summed E-state index contributed by atoms with van der Waals surface area (Å²) >= 11 is 0. The molecule has 0 bridgehead atoms. The average Bonchev–Trinajstić information content (AvgIpc) is 2.46. The minimum atomic E-state index is -1.14. The molecule has 0 amide bonds. The lowest BCUT2D eigenvalue weighted by molar-refractivity contribution is -0.0152. The van der Waals surface area contributed by atoms with Crippen molar-refractivity contribution in [2.45, 2.75) is 12.2 Å². The number of aliphatic hydroxyl groups is 3. The second-order valence-corrected chi connectivity index (χ2v) is 4.53. The largest absolute Gasteiger partial charge is 0.394 e. The molecule has 1 aliphatic rings. The summed E-state index contributed by atoms with van der Waals surface area (Å²) in [6.07, 6.45) is -2.18. The van der Waals surface area contributed by atoms with E-state index in [2.05, 4.69) is 10.2 Å². The molecule has 1 aliphatic heterocycles. The first kappa shape index (κ1) is 13.3. The number of benzene rings is 1. The summed E-state index contributed by atoms with van der Waals surface area (Å²) in [5, 5.41) is 31.5. The Balaban J connectivity index is 2.13. The van der Waals surface area contributed by atoms with Crippen molar-refractivity contribution < 1.29 is 15.3 Å². The van der Waals surface area contributed by atoms with Crippen LogP contribution in [0.2, 0.25) is 0 Å². The minimum Gasteiger partial charge on any atom is -0.394 e. The third-order valence-corrected chi connectivity index (χ3v) is 3.25. The van der Waals surface area contributed by atoms with Crippen LogP contribution < -0.4 is 10.2 Å². The van der Waals surface area contributed by atoms with Crippen molar-refractivity contribution in [3.8, 4) is 0 Å². The van der Waals surface area contributed by atoms with Gasteiger partial charge >= 0.3 is 0 Å². The van der Waals surface area contributed by atoms with Gasteiger partial charge in [0.1, 0.15) is 12.2 Å². The number of aliphatic hydroxyl groups excluding tert-OH is 3. The normalized spacial score (nSPS) is 19.6. The summed E-state index contributed by atoms with van der Waals surface area (Å²) in [5.74, 6) is 0. The Kier molecular flexibility index (Phi) is 4.54. The van der Waals surface area contributed by atoms with E-state index in [9.17, 15) is 10.2 Å². The maximum absolute atomic E-state index is 9.87. The molecule has 0 aliphatic carbocycles. The molecule has 18 heavy (non-hydrogen) atoms. The van der Waals surface area contributed by atoms with E-state index < -0.39 is 18.8 Å². The van der Waals surface area contributed by atoms with Gasteiger partial charge in [-0.15, -0.1) is 0 Å². The van der Waals surface area contributed by atoms with Gasteiger partial charge in [-0.25, -0.2) is 0 Å². The first-order chi connectivity index (χ1) is 8.72. The summed E-state index contributed by atoms with van der Waals surface area (Å²) < 4.78 is 0. The Hall–Kier alpha value is -1.14. The Labute approximate surface area is 107 Å². The summed E-state index contributed by atoms with van der Waals surface area (Å²) in [4.78, 5) is 2.23. The summed E-state index contributed by atoms with van der Waals surface area (Å²) in [6.45, 7) is 3.32. The number of hydrogen-bond acceptors (Lipinski definition) is 5. The molecule has 2 unspecified atom stereocenters. The van der Waals surface area contributed by atoms with Gasteiger partial charge in [0.15, 0.2) is 0 Å². The molecule has 2 rings (SSSR count). The molecule has 1 heterocycles. The van der Waals surface area contributed by atoms with Gasteiger partial charge in [0.2, 0.25) is 0 Å². The lowest BCUT2D eigenvalue weighted by atomic mass is 10.0. The third-order valence-electron chi connectivity index (χ3n) is 3.25. The molecule has 0 saturated carbocycles. The van der Waals surface area contributed by atoms with Gasteiger partial charge in [-0.2, -0.15) is 0 Å². The van der Waals surface area contributed by atoms with Gasteiger partial charge in [0.05, 0.1) is 6.61 Å². The molecule has 4 N–H and O–H groups in total. The highest BCUT2D eigenvalue weighted by molar-refractivity contribution is 5.49. The molecular weight excluding hydrogens is 232 g/mol. The maximum Gasteiger partial charge on any atom is 0.107 e. The van der Waals surface area contributed by atoms with Crippen LogP contribution in [0.15, 0.2) is 24.3 Å². The van der Waals surface area contributed by atoms with Crippen molar-refractivity contribution in [2.24, 2.45) is 0 Å². The van der Waals surface area contributed by atoms with E-state index in [0.717, 1.165) is 31.9 Å². The topological polar surface area (TPSA) is 76.0 Å². The number of nitrogens with zero attached hydrogens (tertiary/aromatic N) is 1. The van der Waals surface area contributed by atoms with E-state index in [1.807, 2.05) is 18.2 Å². The molecule has 0 radical (unpaired) electrons. The summed E-state index contributed by atoms with van der Waals surface area (Å²) in [7, 11) is 0. The Bertz CT molecular complexity index is 363. The van der Waals surface area contributed by atoms with Crippen LogP contribution in [0.4, 0.5) is 5.69 Å². The lowest BCUT2D eigenvalue weighted by Gasteiger charge is -2.30. The maximum atomic E-state index is 9.87. The fourth-order valence-corrected chi connectivity index (χ4v) is 2.15. The van der Waals surface area contributed by atoms with Crippen molar-refractivity contribution in [3.05, 3.63) is 29.8 Å². The van der Waals surface area contributed by atoms with Crippen LogP contribution in [-0.4, -0.2) is 54.2 Å². The van der Waals surface area contributed by atoms with Crippen LogP contribution in [-0.2, 0) is 0 Å². The van der Waals surface area contributed by atoms with E-state index in [-0.39, 0.29) is 0 Å². The van der Waals surface area contributed by atoms with Crippen LogP contribution in [0.1, 0.15) is 11.7 Å². The van der Waals surface area contributed by atoms with Gasteiger partial charge < -0.3 is 25.5 Å². The zero-order valence-corrected chi connectivity index (χ0v) is 10.3. The van der Waals surface area contributed by atoms with E-state index >= 15 is 0 Å². The van der Waals surface area contributed by atoms with Gasteiger partial charge in [0.25, 0.3) is 0 Å². The van der Waals surface area contributed by atoms with Crippen LogP contribution >= 0.6 is 0 Å². The molecule has 2 atom stereocenters. The third kappa shape index (κ3) is 3.00. The predicted molar refractivity (Wildman–Crippen MR) is 69.6 cm³/mol. The number of rotatable bonds is 4. The van der Waals surface area contributed by atoms with Crippen LogP contribution in [0.5, 0.6) is 0 Å². The molecule has 0 aromatic heterocycles. The standard InChI is InChI=1S/C13H20N2O3/c16-9-12(17)13(18)10-2-1-3-11(8-10)15-6-4-14-5-7-15/h1-3,8,12-14,16-18H,4-7,9H2. The molecule has 1 aromatic carbocycles. The second kappa shape index (κ2) is 6.15. The van der Waals surface area contributed by atoms with E-state index in [0.29, 0.717) is 5.56 Å². The number of hydrogen-bond donors (Lipinski definition) is 4. The highest BCUT2D eigenvalue weighted by Gasteiger charge is 2.18. The fourth-order valence-electron chi connectivity index (χ4n) is 2.15. The zero-order valence-electron chi connectivity index (χ0n) is 10.3. The second-order valence-electron chi connectivity index (χ2n) is 4.53. The Morgan fingerprint density at radius 1 is 1.22 bits per heavy atom. The van der Waals surface area contributed by atoms with E-state index in [1.165, 1.54) is 0 Å². The molecule has 1 saturated heterocycles. The highest BCUT2D eigenvalue weighted by Crippen LogP contribution is 2.23. The Morgan fingerprint density at radius 3 is 2.61 bits per heavy atom. The molecular formula is C13H20N2O3. The van der Waals surface area contributed by atoms with Crippen molar-refractivity contribution >= 4 is 5.69 Å². The van der Waals surface area contributed by atoms with Crippen LogP contribution in [0.3, 0.4) is 0 Å². The lowest BCUT2D eigenvalue weighted by Crippen LogP contribution is -2.43. The first-order valence-electron chi connectivity index (χ1n) is 6.25. The minimum absolute atomic E-state index is 0.445. The average molecular weight is 252 g/mol. The van der Waals surface area contributed by atoms with Gasteiger partial charge in [0, 0.05) is 31.9 Å². The summed E-state index contributed by atoms with van der Waals surface area (Å²) in [5.41, 5.74) is 1.67. The van der Waals surface area contributed by atoms with Gasteiger partial charge in [-0.3, -0.25) is 0 Å². The number of anilines is 1. The smallest absolute Gasteiger partial charge is 0.107 e. The molecule has 5 heteroatoms. The number of nitrogens with one attached hydrogen (secondary N) is 1. The number of piperazine rings is 1. The van der Waals surface area contributed by atoms with Gasteiger partial charge in [-0.1, -0.05) is 12.1 Å². The fraction of sp³-hybridized carbons (Fsp3) is 0.538. The highest BCUT2D eigenvalue weighted by atomic mass is 16.4. The van der Waals surface area contributed by atoms with Crippen LogP contribution in [0.25, 0.3) is 0 Å². The van der Waals surface area contributed by atoms with Crippen molar-refractivity contribution in [3.63, 3.8) is 0 Å². The Morgan fingerprint density at radius 2 is 1.94 bits per heavy atom. The van der Waals surface area contributed by atoms with Crippen molar-refractivity contribution in [1.29, 1.82) is 0 Å². The van der Waals surface area contributed by atoms with Crippen molar-refractivity contribution in [1.82, 2.24) is 5.32 Å². The monoisotopic (exact) mass is 252 g/mol. The quantitative estimate of drug-likeness (QED) is 0.580. The van der Waals surface area contributed by atoms with E-state index in [4.69, 9.17) is 5.11 Å². The summed E-state index contributed by atoms with van der Waals surface area (Å²) in [6, 6.07) is 7.48. The zero-order chi connectivity index (χ0) is 13.0.